The van der Waals surface area contributed by atoms with Crippen molar-refractivity contribution >= 4 is 11.6 Å². The minimum absolute atomic E-state index is 0.170. The monoisotopic (exact) mass is 277 g/mol. The highest BCUT2D eigenvalue weighted by Gasteiger charge is 2.22. The van der Waals surface area contributed by atoms with Gasteiger partial charge in [-0.25, -0.2) is 9.97 Å². The minimum atomic E-state index is -0.216. The fourth-order valence-corrected chi connectivity index (χ4v) is 2.40. The van der Waals surface area contributed by atoms with E-state index in [0.717, 1.165) is 13.0 Å². The molecule has 6 nitrogen and oxygen atoms in total. The van der Waals surface area contributed by atoms with Crippen LogP contribution in [0.3, 0.4) is 0 Å². The SMILES string of the molecule is CC(C)c1ncc(N)c(C(=O)NCC2CCCN2C)n1. The maximum atomic E-state index is 12.2. The molecular formula is C14H23N5O. The highest BCUT2D eigenvalue weighted by Crippen LogP contribution is 2.15. The second-order valence-electron chi connectivity index (χ2n) is 5.67. The fraction of sp³-hybridized carbons (Fsp3) is 0.643. The lowest BCUT2D eigenvalue weighted by Crippen LogP contribution is -2.38. The Morgan fingerprint density at radius 3 is 2.95 bits per heavy atom. The second-order valence-corrected chi connectivity index (χ2v) is 5.67. The average Bonchev–Trinajstić information content (AvgIpc) is 2.81. The molecule has 0 aliphatic carbocycles. The van der Waals surface area contributed by atoms with Gasteiger partial charge in [0.2, 0.25) is 0 Å². The summed E-state index contributed by atoms with van der Waals surface area (Å²) in [6, 6.07) is 0.409. The number of anilines is 1. The van der Waals surface area contributed by atoms with Crippen molar-refractivity contribution in [1.29, 1.82) is 0 Å². The maximum absolute atomic E-state index is 12.2. The molecule has 1 amide bonds. The van der Waals surface area contributed by atoms with Gasteiger partial charge >= 0.3 is 0 Å². The van der Waals surface area contributed by atoms with Gasteiger partial charge in [0, 0.05) is 18.5 Å². The van der Waals surface area contributed by atoms with E-state index < -0.39 is 0 Å². The van der Waals surface area contributed by atoms with Gasteiger partial charge in [-0.2, -0.15) is 0 Å². The molecule has 6 heteroatoms. The van der Waals surface area contributed by atoms with Gasteiger partial charge in [0.15, 0.2) is 5.69 Å². The molecule has 1 atom stereocenters. The molecule has 2 rings (SSSR count). The molecule has 1 fully saturated rings. The lowest BCUT2D eigenvalue weighted by molar-refractivity contribution is 0.0939. The van der Waals surface area contributed by atoms with Crippen LogP contribution in [0.2, 0.25) is 0 Å². The van der Waals surface area contributed by atoms with E-state index in [0.29, 0.717) is 24.1 Å². The number of hydrogen-bond donors (Lipinski definition) is 2. The number of carbonyl (C=O) groups excluding carboxylic acids is 1. The summed E-state index contributed by atoms with van der Waals surface area (Å²) in [6.45, 7) is 5.70. The summed E-state index contributed by atoms with van der Waals surface area (Å²) in [6.07, 6.45) is 3.82. The zero-order valence-corrected chi connectivity index (χ0v) is 12.4. The third-order valence-corrected chi connectivity index (χ3v) is 3.74. The molecule has 20 heavy (non-hydrogen) atoms. The predicted molar refractivity (Wildman–Crippen MR) is 78.5 cm³/mol. The van der Waals surface area contributed by atoms with Crippen LogP contribution >= 0.6 is 0 Å². The van der Waals surface area contributed by atoms with Gasteiger partial charge in [0.25, 0.3) is 5.91 Å². The van der Waals surface area contributed by atoms with Crippen LogP contribution in [-0.2, 0) is 0 Å². The van der Waals surface area contributed by atoms with Crippen LogP contribution in [0.4, 0.5) is 5.69 Å². The summed E-state index contributed by atoms with van der Waals surface area (Å²) in [5, 5.41) is 2.93. The van der Waals surface area contributed by atoms with Crippen LogP contribution < -0.4 is 11.1 Å². The lowest BCUT2D eigenvalue weighted by atomic mass is 10.2. The highest BCUT2D eigenvalue weighted by atomic mass is 16.1. The molecule has 3 N–H and O–H groups in total. The van der Waals surface area contributed by atoms with E-state index in [1.807, 2.05) is 13.8 Å². The molecule has 2 heterocycles. The summed E-state index contributed by atoms with van der Waals surface area (Å²) in [5.41, 5.74) is 6.41. The van der Waals surface area contributed by atoms with Crippen molar-refractivity contribution < 1.29 is 4.79 Å². The first-order valence-electron chi connectivity index (χ1n) is 7.10. The standard InChI is InChI=1S/C14H23N5O/c1-9(2)13-16-8-11(15)12(18-13)14(20)17-7-10-5-4-6-19(10)3/h8-10H,4-7,15H2,1-3H3,(H,17,20). The Morgan fingerprint density at radius 1 is 1.60 bits per heavy atom. The molecular weight excluding hydrogens is 254 g/mol. The Hall–Kier alpha value is -1.69. The van der Waals surface area contributed by atoms with Gasteiger partial charge in [-0.15, -0.1) is 0 Å². The average molecular weight is 277 g/mol. The molecule has 0 aromatic carbocycles. The zero-order chi connectivity index (χ0) is 14.7. The van der Waals surface area contributed by atoms with Gasteiger partial charge in [0.1, 0.15) is 5.82 Å². The van der Waals surface area contributed by atoms with Gasteiger partial charge in [-0.05, 0) is 26.4 Å². The Bertz CT molecular complexity index is 488. The Labute approximate surface area is 119 Å². The molecule has 110 valence electrons. The Morgan fingerprint density at radius 2 is 2.35 bits per heavy atom. The number of aromatic nitrogens is 2. The van der Waals surface area contributed by atoms with E-state index >= 15 is 0 Å². The first-order chi connectivity index (χ1) is 9.49. The molecule has 0 spiro atoms. The van der Waals surface area contributed by atoms with Crippen LogP contribution in [0, 0.1) is 0 Å². The van der Waals surface area contributed by atoms with Crippen molar-refractivity contribution in [2.75, 3.05) is 25.9 Å². The van der Waals surface area contributed by atoms with Crippen LogP contribution in [0.25, 0.3) is 0 Å². The summed E-state index contributed by atoms with van der Waals surface area (Å²) in [5.74, 6) is 0.595. The van der Waals surface area contributed by atoms with Gasteiger partial charge in [-0.1, -0.05) is 13.8 Å². The third kappa shape index (κ3) is 3.25. The van der Waals surface area contributed by atoms with Crippen molar-refractivity contribution in [2.45, 2.75) is 38.6 Å². The van der Waals surface area contributed by atoms with Gasteiger partial charge in [-0.3, -0.25) is 4.79 Å². The first-order valence-corrected chi connectivity index (χ1v) is 7.10. The highest BCUT2D eigenvalue weighted by molar-refractivity contribution is 5.96. The topological polar surface area (TPSA) is 84.1 Å². The molecule has 1 aromatic rings. The molecule has 0 radical (unpaired) electrons. The van der Waals surface area contributed by atoms with E-state index in [9.17, 15) is 4.79 Å². The molecule has 1 saturated heterocycles. The normalized spacial score (nSPS) is 19.5. The molecule has 1 unspecified atom stereocenters. The first kappa shape index (κ1) is 14.7. The minimum Gasteiger partial charge on any atom is -0.396 e. The number of rotatable bonds is 4. The van der Waals surface area contributed by atoms with Crippen molar-refractivity contribution in [1.82, 2.24) is 20.2 Å². The van der Waals surface area contributed by atoms with Crippen molar-refractivity contribution in [3.05, 3.63) is 17.7 Å². The van der Waals surface area contributed by atoms with Crippen molar-refractivity contribution in [3.8, 4) is 0 Å². The van der Waals surface area contributed by atoms with E-state index in [4.69, 9.17) is 5.73 Å². The number of carbonyl (C=O) groups is 1. The van der Waals surface area contributed by atoms with Gasteiger partial charge in [0.05, 0.1) is 11.9 Å². The number of hydrogen-bond acceptors (Lipinski definition) is 5. The largest absolute Gasteiger partial charge is 0.396 e. The number of likely N-dealkylation sites (tertiary alicyclic amines) is 1. The molecule has 1 aliphatic heterocycles. The number of nitrogens with one attached hydrogen (secondary N) is 1. The van der Waals surface area contributed by atoms with Crippen molar-refractivity contribution in [2.24, 2.45) is 0 Å². The molecule has 1 aromatic heterocycles. The van der Waals surface area contributed by atoms with Crippen molar-refractivity contribution in [3.63, 3.8) is 0 Å². The van der Waals surface area contributed by atoms with E-state index in [2.05, 4.69) is 27.2 Å². The van der Waals surface area contributed by atoms with E-state index in [1.54, 1.807) is 0 Å². The van der Waals surface area contributed by atoms with Gasteiger partial charge < -0.3 is 16.0 Å². The summed E-state index contributed by atoms with van der Waals surface area (Å²) in [7, 11) is 2.08. The number of likely N-dealkylation sites (N-methyl/N-ethyl adjacent to an activating group) is 1. The maximum Gasteiger partial charge on any atom is 0.272 e. The summed E-state index contributed by atoms with van der Waals surface area (Å²) < 4.78 is 0. The van der Waals surface area contributed by atoms with E-state index in [1.165, 1.54) is 12.6 Å². The Kier molecular flexibility index (Phi) is 4.54. The number of amides is 1. The third-order valence-electron chi connectivity index (χ3n) is 3.74. The smallest absolute Gasteiger partial charge is 0.272 e. The quantitative estimate of drug-likeness (QED) is 0.858. The predicted octanol–water partition coefficient (Wildman–Crippen LogP) is 1.01. The number of nitrogen functional groups attached to an aromatic ring is 1. The Balaban J connectivity index is 2.03. The van der Waals surface area contributed by atoms with Crippen LogP contribution in [0.5, 0.6) is 0 Å². The zero-order valence-electron chi connectivity index (χ0n) is 12.4. The summed E-state index contributed by atoms with van der Waals surface area (Å²) in [4.78, 5) is 22.9. The molecule has 0 saturated carbocycles. The molecule has 1 aliphatic rings. The second kappa shape index (κ2) is 6.17. The van der Waals surface area contributed by atoms with Crippen LogP contribution in [-0.4, -0.2) is 47.0 Å². The van der Waals surface area contributed by atoms with Crippen LogP contribution in [0.15, 0.2) is 6.20 Å². The summed E-state index contributed by atoms with van der Waals surface area (Å²) >= 11 is 0. The van der Waals surface area contributed by atoms with Crippen LogP contribution in [0.1, 0.15) is 48.9 Å². The lowest BCUT2D eigenvalue weighted by Gasteiger charge is -2.19. The molecule has 0 bridgehead atoms. The van der Waals surface area contributed by atoms with E-state index in [-0.39, 0.29) is 17.5 Å². The number of nitrogens with zero attached hydrogens (tertiary/aromatic N) is 3. The fourth-order valence-electron chi connectivity index (χ4n) is 2.40. The number of nitrogens with two attached hydrogens (primary N) is 1.